The average molecular weight is 252 g/mol. The smallest absolute Gasteiger partial charge is 0.143 e. The Kier molecular flexibility index (Phi) is 3.39. The largest absolute Gasteiger partial charge is 0.378 e. The molecule has 0 saturated carbocycles. The molecule has 0 aliphatic heterocycles. The van der Waals surface area contributed by atoms with Crippen LogP contribution in [0.1, 0.15) is 11.1 Å². The van der Waals surface area contributed by atoms with Crippen molar-refractivity contribution in [3.63, 3.8) is 0 Å². The van der Waals surface area contributed by atoms with Gasteiger partial charge in [0.25, 0.3) is 0 Å². The Hall–Kier alpha value is -1.81. The molecule has 1 nitrogen and oxygen atoms in total. The topological polar surface area (TPSA) is 20.2 Å². The van der Waals surface area contributed by atoms with Crippen molar-refractivity contribution in [1.29, 1.82) is 0 Å². The lowest BCUT2D eigenvalue weighted by Crippen LogP contribution is -2.29. The van der Waals surface area contributed by atoms with Gasteiger partial charge in [-0.05, 0) is 35.4 Å². The van der Waals surface area contributed by atoms with Crippen LogP contribution in [0.2, 0.25) is 0 Å². The molecule has 0 atom stereocenters. The summed E-state index contributed by atoms with van der Waals surface area (Å²) in [6.45, 7) is -1.08. The Morgan fingerprint density at radius 2 is 1.11 bits per heavy atom. The van der Waals surface area contributed by atoms with Crippen LogP contribution in [0, 0.1) is 11.6 Å². The maximum absolute atomic E-state index is 13.2. The fourth-order valence-electron chi connectivity index (χ4n) is 1.77. The Balaban J connectivity index is 2.47. The SMILES string of the molecule is OC(CF)(c1ccc(F)cc1)c1ccc(F)cc1. The van der Waals surface area contributed by atoms with Crippen LogP contribution in [0.5, 0.6) is 0 Å². The molecule has 18 heavy (non-hydrogen) atoms. The maximum atomic E-state index is 13.2. The maximum Gasteiger partial charge on any atom is 0.143 e. The van der Waals surface area contributed by atoms with Crippen LogP contribution in [0.3, 0.4) is 0 Å². The number of alkyl halides is 1. The van der Waals surface area contributed by atoms with Crippen LogP contribution in [-0.2, 0) is 5.60 Å². The third kappa shape index (κ3) is 2.24. The highest BCUT2D eigenvalue weighted by atomic mass is 19.1. The summed E-state index contributed by atoms with van der Waals surface area (Å²) >= 11 is 0. The molecular weight excluding hydrogens is 241 g/mol. The lowest BCUT2D eigenvalue weighted by atomic mass is 9.87. The highest BCUT2D eigenvalue weighted by Gasteiger charge is 2.31. The summed E-state index contributed by atoms with van der Waals surface area (Å²) in [5, 5.41) is 10.3. The van der Waals surface area contributed by atoms with Crippen molar-refractivity contribution in [2.24, 2.45) is 0 Å². The van der Waals surface area contributed by atoms with Crippen LogP contribution in [0.4, 0.5) is 13.2 Å². The normalized spacial score (nSPS) is 11.6. The molecule has 0 radical (unpaired) electrons. The van der Waals surface area contributed by atoms with Gasteiger partial charge in [0.1, 0.15) is 23.9 Å². The molecule has 0 amide bonds. The summed E-state index contributed by atoms with van der Waals surface area (Å²) in [5.41, 5.74) is -1.45. The number of benzene rings is 2. The van der Waals surface area contributed by atoms with Gasteiger partial charge in [0, 0.05) is 0 Å². The van der Waals surface area contributed by atoms with Gasteiger partial charge in [-0.25, -0.2) is 13.2 Å². The van der Waals surface area contributed by atoms with Crippen molar-refractivity contribution >= 4 is 0 Å². The Labute approximate surface area is 103 Å². The van der Waals surface area contributed by atoms with E-state index in [1.807, 2.05) is 0 Å². The minimum absolute atomic E-state index is 0.220. The van der Waals surface area contributed by atoms with Gasteiger partial charge in [-0.2, -0.15) is 0 Å². The van der Waals surface area contributed by atoms with E-state index in [9.17, 15) is 18.3 Å². The second-order valence-electron chi connectivity index (χ2n) is 4.01. The Morgan fingerprint density at radius 1 is 0.778 bits per heavy atom. The van der Waals surface area contributed by atoms with E-state index in [0.717, 1.165) is 24.3 Å². The second kappa shape index (κ2) is 4.82. The number of hydrogen-bond acceptors (Lipinski definition) is 1. The quantitative estimate of drug-likeness (QED) is 0.889. The molecule has 0 bridgehead atoms. The monoisotopic (exact) mass is 252 g/mol. The van der Waals surface area contributed by atoms with E-state index >= 15 is 0 Å². The summed E-state index contributed by atoms with van der Waals surface area (Å²) in [6.07, 6.45) is 0. The highest BCUT2D eigenvalue weighted by molar-refractivity contribution is 5.36. The fourth-order valence-corrected chi connectivity index (χ4v) is 1.77. The molecule has 0 saturated heterocycles. The van der Waals surface area contributed by atoms with Gasteiger partial charge in [0.15, 0.2) is 0 Å². The molecule has 0 aliphatic rings. The Bertz CT molecular complexity index is 474. The average Bonchev–Trinajstić information content (AvgIpc) is 2.39. The van der Waals surface area contributed by atoms with Crippen molar-refractivity contribution in [2.75, 3.05) is 6.67 Å². The highest BCUT2D eigenvalue weighted by Crippen LogP contribution is 2.30. The minimum Gasteiger partial charge on any atom is -0.378 e. The van der Waals surface area contributed by atoms with Crippen LogP contribution < -0.4 is 0 Å². The van der Waals surface area contributed by atoms with Crippen LogP contribution >= 0.6 is 0 Å². The van der Waals surface area contributed by atoms with E-state index < -0.39 is 23.9 Å². The molecule has 2 rings (SSSR count). The molecule has 0 spiro atoms. The predicted molar refractivity (Wildman–Crippen MR) is 61.8 cm³/mol. The number of hydrogen-bond donors (Lipinski definition) is 1. The molecule has 0 heterocycles. The molecule has 0 aliphatic carbocycles. The van der Waals surface area contributed by atoms with Gasteiger partial charge in [-0.15, -0.1) is 0 Å². The molecule has 0 fully saturated rings. The van der Waals surface area contributed by atoms with Gasteiger partial charge < -0.3 is 5.11 Å². The first-order valence-electron chi connectivity index (χ1n) is 5.37. The van der Waals surface area contributed by atoms with Crippen molar-refractivity contribution in [1.82, 2.24) is 0 Å². The molecule has 1 N–H and O–H groups in total. The summed E-state index contributed by atoms with van der Waals surface area (Å²) in [6, 6.07) is 9.77. The summed E-state index contributed by atoms with van der Waals surface area (Å²) < 4.78 is 38.8. The second-order valence-corrected chi connectivity index (χ2v) is 4.01. The van der Waals surface area contributed by atoms with E-state index in [2.05, 4.69) is 0 Å². The van der Waals surface area contributed by atoms with Crippen LogP contribution in [0.15, 0.2) is 48.5 Å². The first kappa shape index (κ1) is 12.6. The number of aliphatic hydroxyl groups is 1. The van der Waals surface area contributed by atoms with E-state index in [0.29, 0.717) is 0 Å². The van der Waals surface area contributed by atoms with Gasteiger partial charge in [0.05, 0.1) is 0 Å². The van der Waals surface area contributed by atoms with E-state index in [-0.39, 0.29) is 11.1 Å². The minimum atomic E-state index is -1.89. The van der Waals surface area contributed by atoms with Crippen molar-refractivity contribution < 1.29 is 18.3 Å². The van der Waals surface area contributed by atoms with E-state index in [4.69, 9.17) is 0 Å². The van der Waals surface area contributed by atoms with Crippen LogP contribution in [-0.4, -0.2) is 11.8 Å². The van der Waals surface area contributed by atoms with Gasteiger partial charge in [-0.3, -0.25) is 0 Å². The number of halogens is 3. The zero-order chi connectivity index (χ0) is 13.2. The third-order valence-corrected chi connectivity index (χ3v) is 2.84. The summed E-state index contributed by atoms with van der Waals surface area (Å²) in [5.74, 6) is -0.946. The molecule has 4 heteroatoms. The fraction of sp³-hybridized carbons (Fsp3) is 0.143. The molecule has 2 aromatic carbocycles. The third-order valence-electron chi connectivity index (χ3n) is 2.84. The van der Waals surface area contributed by atoms with E-state index in [1.54, 1.807) is 0 Å². The molecular formula is C14H11F3O. The molecule has 0 unspecified atom stereocenters. The standard InChI is InChI=1S/C14H11F3O/c15-9-14(18,10-1-5-12(16)6-2-10)11-3-7-13(17)8-4-11/h1-8,18H,9H2. The van der Waals surface area contributed by atoms with Gasteiger partial charge >= 0.3 is 0 Å². The lowest BCUT2D eigenvalue weighted by Gasteiger charge is -2.26. The van der Waals surface area contributed by atoms with Crippen molar-refractivity contribution in [3.05, 3.63) is 71.3 Å². The Morgan fingerprint density at radius 3 is 1.39 bits per heavy atom. The summed E-state index contributed by atoms with van der Waals surface area (Å²) in [7, 11) is 0. The molecule has 0 aromatic heterocycles. The first-order chi connectivity index (χ1) is 8.56. The first-order valence-corrected chi connectivity index (χ1v) is 5.37. The zero-order valence-electron chi connectivity index (χ0n) is 9.41. The van der Waals surface area contributed by atoms with Gasteiger partial charge in [-0.1, -0.05) is 24.3 Å². The van der Waals surface area contributed by atoms with Crippen molar-refractivity contribution in [2.45, 2.75) is 5.60 Å². The van der Waals surface area contributed by atoms with Gasteiger partial charge in [0.2, 0.25) is 0 Å². The number of rotatable bonds is 3. The predicted octanol–water partition coefficient (Wildman–Crippen LogP) is 3.17. The van der Waals surface area contributed by atoms with Crippen LogP contribution in [0.25, 0.3) is 0 Å². The van der Waals surface area contributed by atoms with E-state index in [1.165, 1.54) is 24.3 Å². The van der Waals surface area contributed by atoms with Crippen molar-refractivity contribution in [3.8, 4) is 0 Å². The zero-order valence-corrected chi connectivity index (χ0v) is 9.41. The molecule has 2 aromatic rings. The summed E-state index contributed by atoms with van der Waals surface area (Å²) in [4.78, 5) is 0. The molecule has 94 valence electrons. The lowest BCUT2D eigenvalue weighted by molar-refractivity contribution is 0.0517.